The van der Waals surface area contributed by atoms with E-state index in [1.807, 2.05) is 6.07 Å². The number of aromatic nitrogens is 4. The summed E-state index contributed by atoms with van der Waals surface area (Å²) in [6.45, 7) is -1.55. The third-order valence-electron chi connectivity index (χ3n) is 4.53. The average molecular weight is 480 g/mol. The first-order chi connectivity index (χ1) is 16.8. The minimum absolute atomic E-state index is 0.0142. The van der Waals surface area contributed by atoms with Crippen LogP contribution in [0.5, 0.6) is 5.75 Å². The molecule has 1 amide bonds. The molecule has 35 heavy (non-hydrogen) atoms. The lowest BCUT2D eigenvalue weighted by Gasteiger charge is -2.13. The van der Waals surface area contributed by atoms with Crippen LogP contribution >= 0.6 is 0 Å². The number of hydrogen-bond acceptors (Lipinski definition) is 7. The standard InChI is InChI=1S/C23H15F3N6O3/c24-23(25,26)14-35-20-9-8-17(11-16(20)13-27)28-22(33)19(12-18-7-4-10-34-18)32-21(29-30-31-32)15-5-2-1-3-6-15/h1-12H,14H2,(H,28,33). The van der Waals surface area contributed by atoms with E-state index in [1.165, 1.54) is 35.2 Å². The fourth-order valence-corrected chi connectivity index (χ4v) is 3.02. The maximum absolute atomic E-state index is 13.3. The zero-order valence-electron chi connectivity index (χ0n) is 17.7. The number of carbonyl (C=O) groups is 1. The van der Waals surface area contributed by atoms with Crippen LogP contribution in [0.3, 0.4) is 0 Å². The molecule has 0 atom stereocenters. The van der Waals surface area contributed by atoms with Gasteiger partial charge in [-0.1, -0.05) is 30.3 Å². The van der Waals surface area contributed by atoms with Crippen molar-refractivity contribution in [3.05, 3.63) is 78.3 Å². The Bertz CT molecular complexity index is 1390. The van der Waals surface area contributed by atoms with Gasteiger partial charge in [-0.05, 0) is 40.8 Å². The highest BCUT2D eigenvalue weighted by atomic mass is 19.4. The van der Waals surface area contributed by atoms with Crippen molar-refractivity contribution in [2.45, 2.75) is 6.18 Å². The molecule has 4 rings (SSSR count). The number of benzene rings is 2. The number of amides is 1. The Morgan fingerprint density at radius 2 is 1.97 bits per heavy atom. The van der Waals surface area contributed by atoms with Gasteiger partial charge in [0.1, 0.15) is 23.3 Å². The Labute approximate surface area is 196 Å². The molecule has 2 heterocycles. The molecular weight excluding hydrogens is 465 g/mol. The SMILES string of the molecule is N#Cc1cc(NC(=O)C(=Cc2ccco2)n2nnnc2-c2ccccc2)ccc1OCC(F)(F)F. The predicted molar refractivity (Wildman–Crippen MR) is 117 cm³/mol. The summed E-state index contributed by atoms with van der Waals surface area (Å²) in [4.78, 5) is 13.3. The van der Waals surface area contributed by atoms with Crippen LogP contribution in [0.15, 0.2) is 71.3 Å². The number of nitrogens with one attached hydrogen (secondary N) is 1. The van der Waals surface area contributed by atoms with E-state index in [1.54, 1.807) is 42.5 Å². The fourth-order valence-electron chi connectivity index (χ4n) is 3.02. The van der Waals surface area contributed by atoms with Gasteiger partial charge in [0.2, 0.25) is 0 Å². The molecule has 0 unspecified atom stereocenters. The number of tetrazole rings is 1. The molecule has 176 valence electrons. The van der Waals surface area contributed by atoms with Gasteiger partial charge in [0.05, 0.1) is 11.8 Å². The number of rotatable bonds is 7. The first-order valence-corrected chi connectivity index (χ1v) is 9.98. The molecule has 9 nitrogen and oxygen atoms in total. The highest BCUT2D eigenvalue weighted by Crippen LogP contribution is 2.26. The zero-order chi connectivity index (χ0) is 24.8. The number of furan rings is 1. The van der Waals surface area contributed by atoms with Crippen LogP contribution < -0.4 is 10.1 Å². The molecule has 0 radical (unpaired) electrons. The summed E-state index contributed by atoms with van der Waals surface area (Å²) < 4.78 is 48.6. The number of nitriles is 1. The lowest BCUT2D eigenvalue weighted by molar-refractivity contribution is -0.153. The van der Waals surface area contributed by atoms with Gasteiger partial charge in [-0.3, -0.25) is 4.79 Å². The van der Waals surface area contributed by atoms with E-state index in [-0.39, 0.29) is 28.5 Å². The van der Waals surface area contributed by atoms with E-state index in [4.69, 9.17) is 4.42 Å². The Hall–Kier alpha value is -4.92. The van der Waals surface area contributed by atoms with Gasteiger partial charge in [0, 0.05) is 17.3 Å². The minimum atomic E-state index is -4.56. The monoisotopic (exact) mass is 480 g/mol. The maximum Gasteiger partial charge on any atom is 0.422 e. The van der Waals surface area contributed by atoms with Crippen LogP contribution in [-0.2, 0) is 4.79 Å². The molecule has 2 aromatic heterocycles. The summed E-state index contributed by atoms with van der Waals surface area (Å²) in [6.07, 6.45) is -1.71. The lowest BCUT2D eigenvalue weighted by atomic mass is 10.2. The summed E-state index contributed by atoms with van der Waals surface area (Å²) in [7, 11) is 0. The van der Waals surface area contributed by atoms with Gasteiger partial charge >= 0.3 is 6.18 Å². The Morgan fingerprint density at radius 3 is 2.66 bits per heavy atom. The summed E-state index contributed by atoms with van der Waals surface area (Å²) in [6, 6.07) is 17.6. The van der Waals surface area contributed by atoms with Crippen molar-refractivity contribution in [3.63, 3.8) is 0 Å². The van der Waals surface area contributed by atoms with Gasteiger partial charge in [0.25, 0.3) is 5.91 Å². The zero-order valence-corrected chi connectivity index (χ0v) is 17.7. The Morgan fingerprint density at radius 1 is 1.17 bits per heavy atom. The molecule has 0 fully saturated rings. The fraction of sp³-hybridized carbons (Fsp3) is 0.0870. The van der Waals surface area contributed by atoms with Crippen molar-refractivity contribution in [2.24, 2.45) is 0 Å². The number of hydrogen-bond donors (Lipinski definition) is 1. The van der Waals surface area contributed by atoms with E-state index in [0.717, 1.165) is 0 Å². The van der Waals surface area contributed by atoms with Crippen molar-refractivity contribution in [1.29, 1.82) is 5.26 Å². The number of carbonyl (C=O) groups excluding carboxylic acids is 1. The first kappa shape index (κ1) is 23.2. The Kier molecular flexibility index (Phi) is 6.59. The normalized spacial score (nSPS) is 11.7. The van der Waals surface area contributed by atoms with Gasteiger partial charge in [0.15, 0.2) is 12.4 Å². The predicted octanol–water partition coefficient (Wildman–Crippen LogP) is 4.38. The number of ether oxygens (including phenoxy) is 1. The number of alkyl halides is 3. The molecule has 0 aliphatic rings. The van der Waals surface area contributed by atoms with Gasteiger partial charge < -0.3 is 14.5 Å². The second-order valence-corrected chi connectivity index (χ2v) is 7.01. The van der Waals surface area contributed by atoms with Crippen LogP contribution in [0.1, 0.15) is 11.3 Å². The van der Waals surface area contributed by atoms with E-state index >= 15 is 0 Å². The van der Waals surface area contributed by atoms with E-state index in [0.29, 0.717) is 11.3 Å². The molecule has 0 bridgehead atoms. The molecular formula is C23H15F3N6O3. The van der Waals surface area contributed by atoms with Gasteiger partial charge in [-0.2, -0.15) is 23.1 Å². The second-order valence-electron chi connectivity index (χ2n) is 7.01. The maximum atomic E-state index is 13.3. The van der Waals surface area contributed by atoms with Crippen molar-refractivity contribution in [1.82, 2.24) is 20.2 Å². The average Bonchev–Trinajstić information content (AvgIpc) is 3.53. The first-order valence-electron chi connectivity index (χ1n) is 9.98. The van der Waals surface area contributed by atoms with Crippen LogP contribution in [0.4, 0.5) is 18.9 Å². The van der Waals surface area contributed by atoms with Crippen molar-refractivity contribution in [2.75, 3.05) is 11.9 Å². The van der Waals surface area contributed by atoms with Crippen molar-refractivity contribution >= 4 is 23.4 Å². The summed E-state index contributed by atoms with van der Waals surface area (Å²) in [5, 5.41) is 23.5. The van der Waals surface area contributed by atoms with Crippen LogP contribution in [0.25, 0.3) is 23.2 Å². The van der Waals surface area contributed by atoms with E-state index < -0.39 is 18.7 Å². The molecule has 0 aliphatic carbocycles. The van der Waals surface area contributed by atoms with E-state index in [2.05, 4.69) is 25.6 Å². The molecule has 2 aromatic carbocycles. The summed E-state index contributed by atoms with van der Waals surface area (Å²) in [5.41, 5.74) is 0.592. The topological polar surface area (TPSA) is 119 Å². The molecule has 12 heteroatoms. The van der Waals surface area contributed by atoms with Crippen LogP contribution in [0.2, 0.25) is 0 Å². The lowest BCUT2D eigenvalue weighted by Crippen LogP contribution is -2.20. The van der Waals surface area contributed by atoms with Crippen molar-refractivity contribution < 1.29 is 27.1 Å². The largest absolute Gasteiger partial charge is 0.483 e. The second kappa shape index (κ2) is 9.92. The van der Waals surface area contributed by atoms with E-state index in [9.17, 15) is 23.2 Å². The quantitative estimate of drug-likeness (QED) is 0.390. The highest BCUT2D eigenvalue weighted by Gasteiger charge is 2.29. The van der Waals surface area contributed by atoms with Crippen LogP contribution in [-0.4, -0.2) is 38.9 Å². The summed E-state index contributed by atoms with van der Waals surface area (Å²) in [5.74, 6) is -0.301. The molecule has 4 aromatic rings. The number of anilines is 1. The molecule has 0 spiro atoms. The van der Waals surface area contributed by atoms with Gasteiger partial charge in [-0.15, -0.1) is 5.10 Å². The third kappa shape index (κ3) is 5.72. The molecule has 0 saturated heterocycles. The molecule has 0 aliphatic heterocycles. The minimum Gasteiger partial charge on any atom is -0.483 e. The molecule has 1 N–H and O–H groups in total. The smallest absolute Gasteiger partial charge is 0.422 e. The number of halogens is 3. The highest BCUT2D eigenvalue weighted by molar-refractivity contribution is 6.24. The third-order valence-corrected chi connectivity index (χ3v) is 4.53. The van der Waals surface area contributed by atoms with Crippen molar-refractivity contribution in [3.8, 4) is 23.2 Å². The van der Waals surface area contributed by atoms with Crippen LogP contribution in [0, 0.1) is 11.3 Å². The van der Waals surface area contributed by atoms with Gasteiger partial charge in [-0.25, -0.2) is 0 Å². The summed E-state index contributed by atoms with van der Waals surface area (Å²) >= 11 is 0. The molecule has 0 saturated carbocycles. The number of nitrogens with zero attached hydrogens (tertiary/aromatic N) is 5. The Balaban J connectivity index is 1.65.